The highest BCUT2D eigenvalue weighted by Gasteiger charge is 2.57. The van der Waals surface area contributed by atoms with E-state index in [4.69, 9.17) is 23.3 Å². The van der Waals surface area contributed by atoms with Gasteiger partial charge in [0.1, 0.15) is 24.3 Å². The van der Waals surface area contributed by atoms with E-state index in [0.29, 0.717) is 0 Å². The molecule has 4 N–H and O–H groups in total. The van der Waals surface area contributed by atoms with Crippen molar-refractivity contribution < 1.29 is 46.7 Å². The standard InChI is InChI=1S/C22H37FN4O11P2/c1-11(2)35-18(29)13(5)25-39(32)34-10-15-17(38-40(33)26-14(6)19(30)36-12(3)4)22(7,23)20(37-15)27-9-8-16(28)24-21(27)31/h8-9,11-15,17,20,25,32,40H,10H2,1-7H3,(H,26,33)(H,24,28,31)/t13-,14-,15+,17+,20+,22+,39?/m0/s1. The summed E-state index contributed by atoms with van der Waals surface area (Å²) in [5.74, 6) is -1.34. The summed E-state index contributed by atoms with van der Waals surface area (Å²) in [5, 5.41) is 4.94. The number of rotatable bonds is 14. The van der Waals surface area contributed by atoms with Crippen LogP contribution in [0.4, 0.5) is 4.39 Å². The summed E-state index contributed by atoms with van der Waals surface area (Å²) < 4.78 is 56.4. The van der Waals surface area contributed by atoms with Crippen LogP contribution < -0.4 is 21.4 Å². The quantitative estimate of drug-likeness (QED) is 0.171. The van der Waals surface area contributed by atoms with Crippen molar-refractivity contribution in [2.24, 2.45) is 0 Å². The molecule has 8 atom stereocenters. The minimum Gasteiger partial charge on any atom is -0.462 e. The minimum absolute atomic E-state index is 0.380. The summed E-state index contributed by atoms with van der Waals surface area (Å²) in [7, 11) is -5.76. The Morgan fingerprint density at radius 1 is 1.18 bits per heavy atom. The highest BCUT2D eigenvalue weighted by atomic mass is 31.2. The maximum absolute atomic E-state index is 16.2. The van der Waals surface area contributed by atoms with E-state index < -0.39 is 88.8 Å². The first-order chi connectivity index (χ1) is 18.5. The first-order valence-electron chi connectivity index (χ1n) is 12.4. The highest BCUT2D eigenvalue weighted by molar-refractivity contribution is 7.43. The Kier molecular flexibility index (Phi) is 12.6. The summed E-state index contributed by atoms with van der Waals surface area (Å²) >= 11 is 0. The van der Waals surface area contributed by atoms with Gasteiger partial charge in [0.15, 0.2) is 11.9 Å². The number of hydrogen-bond acceptors (Lipinski definition) is 12. The monoisotopic (exact) mass is 614 g/mol. The highest BCUT2D eigenvalue weighted by Crippen LogP contribution is 2.46. The normalized spacial score (nSPS) is 25.9. The Balaban J connectivity index is 2.21. The van der Waals surface area contributed by atoms with E-state index in [1.165, 1.54) is 13.8 Å². The molecular weight excluding hydrogens is 577 g/mol. The molecule has 18 heteroatoms. The average Bonchev–Trinajstić information content (AvgIpc) is 3.06. The SMILES string of the molecule is CC(C)OC(=O)[C@H](C)NP(O)OC[C@H]1O[C@@H](n2ccc(=O)[nH]c2=O)[C@](C)(F)[C@@H]1O[PH](=O)N[C@@H](C)C(=O)OC(C)C. The molecule has 0 radical (unpaired) electrons. The van der Waals surface area contributed by atoms with E-state index >= 15 is 4.39 Å². The number of halogens is 1. The van der Waals surface area contributed by atoms with E-state index in [1.807, 2.05) is 4.98 Å². The number of ether oxygens (including phenoxy) is 3. The molecule has 1 aromatic heterocycles. The number of aromatic amines is 1. The Bertz CT molecular complexity index is 1160. The summed E-state index contributed by atoms with van der Waals surface area (Å²) in [6.45, 7) is 9.93. The van der Waals surface area contributed by atoms with Crippen LogP contribution in [-0.2, 0) is 37.4 Å². The third-order valence-electron chi connectivity index (χ3n) is 5.43. The molecule has 0 saturated carbocycles. The van der Waals surface area contributed by atoms with Crippen molar-refractivity contribution in [3.8, 4) is 0 Å². The van der Waals surface area contributed by atoms with Gasteiger partial charge in [-0.2, -0.15) is 0 Å². The van der Waals surface area contributed by atoms with Crippen molar-refractivity contribution in [3.05, 3.63) is 33.1 Å². The molecule has 1 aliphatic rings. The van der Waals surface area contributed by atoms with Gasteiger partial charge in [0, 0.05) is 12.3 Å². The molecule has 228 valence electrons. The van der Waals surface area contributed by atoms with Crippen molar-refractivity contribution in [1.82, 2.24) is 19.7 Å². The van der Waals surface area contributed by atoms with Gasteiger partial charge in [-0.15, -0.1) is 0 Å². The number of aromatic nitrogens is 2. The molecule has 15 nitrogen and oxygen atoms in total. The van der Waals surface area contributed by atoms with E-state index in [9.17, 15) is 28.6 Å². The van der Waals surface area contributed by atoms with Gasteiger partial charge in [0.2, 0.25) is 0 Å². The molecule has 0 spiro atoms. The average molecular weight is 615 g/mol. The van der Waals surface area contributed by atoms with Crippen LogP contribution in [0.3, 0.4) is 0 Å². The van der Waals surface area contributed by atoms with Crippen LogP contribution in [0.5, 0.6) is 0 Å². The third kappa shape index (κ3) is 9.52. The fourth-order valence-electron chi connectivity index (χ4n) is 3.59. The number of esters is 2. The fraction of sp³-hybridized carbons (Fsp3) is 0.727. The second-order valence-corrected chi connectivity index (χ2v) is 11.9. The van der Waals surface area contributed by atoms with Crippen molar-refractivity contribution in [2.45, 2.75) is 96.9 Å². The molecule has 0 bridgehead atoms. The second-order valence-electron chi connectivity index (χ2n) is 9.78. The fourth-order valence-corrected chi connectivity index (χ4v) is 5.55. The lowest BCUT2D eigenvalue weighted by Crippen LogP contribution is -2.45. The summed E-state index contributed by atoms with van der Waals surface area (Å²) in [5.41, 5.74) is -4.22. The molecule has 2 rings (SSSR count). The lowest BCUT2D eigenvalue weighted by molar-refractivity contribution is -0.149. The zero-order valence-electron chi connectivity index (χ0n) is 23.2. The van der Waals surface area contributed by atoms with Crippen LogP contribution in [0.1, 0.15) is 54.7 Å². The zero-order chi connectivity index (χ0) is 30.4. The zero-order valence-corrected chi connectivity index (χ0v) is 25.1. The molecule has 1 saturated heterocycles. The van der Waals surface area contributed by atoms with Gasteiger partial charge in [0.25, 0.3) is 22.3 Å². The Hall–Kier alpha value is -2.03. The molecular formula is C22H37FN4O11P2. The number of alkyl halides is 1. The Labute approximate surface area is 231 Å². The summed E-state index contributed by atoms with van der Waals surface area (Å²) in [6, 6.07) is -1.01. The second kappa shape index (κ2) is 14.7. The van der Waals surface area contributed by atoms with Gasteiger partial charge in [-0.25, -0.2) is 19.4 Å². The number of hydrogen-bond donors (Lipinski definition) is 4. The van der Waals surface area contributed by atoms with Gasteiger partial charge in [-0.05, 0) is 48.5 Å². The lowest BCUT2D eigenvalue weighted by atomic mass is 9.98. The Morgan fingerprint density at radius 3 is 2.30 bits per heavy atom. The molecule has 1 fully saturated rings. The molecule has 2 heterocycles. The molecule has 2 unspecified atom stereocenters. The third-order valence-corrected chi connectivity index (χ3v) is 7.57. The van der Waals surface area contributed by atoms with Crippen molar-refractivity contribution in [2.75, 3.05) is 6.61 Å². The topological polar surface area (TPSA) is 197 Å². The number of nitrogens with zero attached hydrogens (tertiary/aromatic N) is 1. The summed E-state index contributed by atoms with van der Waals surface area (Å²) in [6.07, 6.45) is -4.43. The van der Waals surface area contributed by atoms with Gasteiger partial charge < -0.3 is 28.2 Å². The number of carbonyl (C=O) groups is 2. The van der Waals surface area contributed by atoms with E-state index in [0.717, 1.165) is 23.8 Å². The first-order valence-corrected chi connectivity index (χ1v) is 15.0. The van der Waals surface area contributed by atoms with Crippen LogP contribution >= 0.6 is 16.7 Å². The molecule has 40 heavy (non-hydrogen) atoms. The maximum Gasteiger partial charge on any atom is 0.330 e. The first kappa shape index (κ1) is 34.2. The van der Waals surface area contributed by atoms with Crippen molar-refractivity contribution in [1.29, 1.82) is 0 Å². The van der Waals surface area contributed by atoms with E-state index in [2.05, 4.69) is 10.2 Å². The molecule has 1 aliphatic heterocycles. The maximum atomic E-state index is 16.2. The van der Waals surface area contributed by atoms with Crippen LogP contribution in [0, 0.1) is 0 Å². The van der Waals surface area contributed by atoms with E-state index in [-0.39, 0.29) is 6.10 Å². The molecule has 0 aliphatic carbocycles. The van der Waals surface area contributed by atoms with Crippen molar-refractivity contribution in [3.63, 3.8) is 0 Å². The minimum atomic E-state index is -3.31. The number of H-pyrrole nitrogens is 1. The molecule has 0 aromatic carbocycles. The van der Waals surface area contributed by atoms with Crippen LogP contribution in [-0.4, -0.2) is 75.2 Å². The number of carbonyl (C=O) groups excluding carboxylic acids is 2. The largest absolute Gasteiger partial charge is 0.462 e. The van der Waals surface area contributed by atoms with Gasteiger partial charge in [-0.3, -0.25) is 28.5 Å². The summed E-state index contributed by atoms with van der Waals surface area (Å²) in [4.78, 5) is 60.2. The Morgan fingerprint density at radius 2 is 1.75 bits per heavy atom. The predicted octanol–water partition coefficient (Wildman–Crippen LogP) is 1.03. The van der Waals surface area contributed by atoms with E-state index in [1.54, 1.807) is 27.7 Å². The van der Waals surface area contributed by atoms with Crippen molar-refractivity contribution >= 4 is 28.6 Å². The van der Waals surface area contributed by atoms with Gasteiger partial charge >= 0.3 is 17.6 Å². The van der Waals surface area contributed by atoms with Crippen LogP contribution in [0.25, 0.3) is 0 Å². The predicted molar refractivity (Wildman–Crippen MR) is 141 cm³/mol. The van der Waals surface area contributed by atoms with Gasteiger partial charge in [-0.1, -0.05) is 0 Å². The van der Waals surface area contributed by atoms with Crippen LogP contribution in [0.2, 0.25) is 0 Å². The lowest BCUT2D eigenvalue weighted by Gasteiger charge is -2.28. The van der Waals surface area contributed by atoms with Crippen LogP contribution in [0.15, 0.2) is 21.9 Å². The number of nitrogens with one attached hydrogen (secondary N) is 3. The van der Waals surface area contributed by atoms with Gasteiger partial charge in [0.05, 0.1) is 18.8 Å². The smallest absolute Gasteiger partial charge is 0.330 e. The molecule has 0 amide bonds. The molecule has 1 aromatic rings.